The van der Waals surface area contributed by atoms with E-state index in [0.29, 0.717) is 12.1 Å². The molecule has 3 heterocycles. The highest BCUT2D eigenvalue weighted by atomic mass is 16.2. The van der Waals surface area contributed by atoms with E-state index in [1.54, 1.807) is 30.7 Å². The Morgan fingerprint density at radius 3 is 2.58 bits per heavy atom. The van der Waals surface area contributed by atoms with E-state index in [4.69, 9.17) is 0 Å². The van der Waals surface area contributed by atoms with Gasteiger partial charge in [-0.05, 0) is 42.3 Å². The molecule has 0 bridgehead atoms. The lowest BCUT2D eigenvalue weighted by Gasteiger charge is -2.27. The first-order valence-electron chi connectivity index (χ1n) is 10.9. The number of ketones is 2. The summed E-state index contributed by atoms with van der Waals surface area (Å²) in [5.74, 6) is -2.56. The molecule has 0 aliphatic carbocycles. The summed E-state index contributed by atoms with van der Waals surface area (Å²) < 4.78 is 0. The number of nitrogens with zero attached hydrogens (tertiary/aromatic N) is 3. The minimum Gasteiger partial charge on any atom is -0.345 e. The number of carbonyl (C=O) groups excluding carboxylic acids is 3. The van der Waals surface area contributed by atoms with Gasteiger partial charge < -0.3 is 4.98 Å². The molecule has 1 aliphatic rings. The molecule has 0 radical (unpaired) electrons. The molecule has 1 aliphatic heterocycles. The van der Waals surface area contributed by atoms with Crippen LogP contribution >= 0.6 is 0 Å². The highest BCUT2D eigenvalue weighted by Crippen LogP contribution is 2.41. The number of fused-ring (bicyclic) bond motifs is 1. The Labute approximate surface area is 190 Å². The van der Waals surface area contributed by atoms with Gasteiger partial charge in [-0.2, -0.15) is 0 Å². The van der Waals surface area contributed by atoms with Crippen molar-refractivity contribution >= 4 is 34.2 Å². The van der Waals surface area contributed by atoms with Crippen LogP contribution in [0, 0.1) is 5.92 Å². The van der Waals surface area contributed by atoms with Crippen molar-refractivity contribution < 1.29 is 14.4 Å². The van der Waals surface area contributed by atoms with Crippen LogP contribution in [0.3, 0.4) is 0 Å². The number of hydrogen-bond acceptors (Lipinski definition) is 5. The highest BCUT2D eigenvalue weighted by molar-refractivity contribution is 6.48. The number of aromatic amines is 1. The van der Waals surface area contributed by atoms with Gasteiger partial charge in [-0.3, -0.25) is 24.3 Å². The van der Waals surface area contributed by atoms with Gasteiger partial charge in [0.15, 0.2) is 0 Å². The molecule has 0 saturated carbocycles. The van der Waals surface area contributed by atoms with Gasteiger partial charge in [-0.1, -0.05) is 37.3 Å². The van der Waals surface area contributed by atoms with Crippen LogP contribution in [0.15, 0.2) is 73.2 Å². The Morgan fingerprint density at radius 1 is 1.03 bits per heavy atom. The molecule has 4 aromatic rings. The third kappa shape index (κ3) is 3.61. The Morgan fingerprint density at radius 2 is 1.85 bits per heavy atom. The van der Waals surface area contributed by atoms with E-state index in [1.165, 1.54) is 4.90 Å². The Kier molecular flexibility index (Phi) is 5.30. The lowest BCUT2D eigenvalue weighted by Crippen LogP contribution is -2.30. The Hall–Kier alpha value is -4.13. The van der Waals surface area contributed by atoms with Crippen LogP contribution in [0.5, 0.6) is 0 Å². The van der Waals surface area contributed by atoms with Gasteiger partial charge in [0.2, 0.25) is 5.78 Å². The second-order valence-electron chi connectivity index (χ2n) is 8.12. The summed E-state index contributed by atoms with van der Waals surface area (Å²) in [5.41, 5.74) is 4.52. The quantitative estimate of drug-likeness (QED) is 0.358. The van der Waals surface area contributed by atoms with Crippen molar-refractivity contribution in [3.63, 3.8) is 0 Å². The summed E-state index contributed by atoms with van der Waals surface area (Å²) in [7, 11) is 0. The van der Waals surface area contributed by atoms with E-state index in [1.807, 2.05) is 49.4 Å². The summed E-state index contributed by atoms with van der Waals surface area (Å²) in [4.78, 5) is 52.3. The van der Waals surface area contributed by atoms with Gasteiger partial charge >= 0.3 is 0 Å². The molecule has 1 N–H and O–H groups in total. The molecule has 0 spiro atoms. The molecule has 2 atom stereocenters. The molecule has 7 heteroatoms. The van der Waals surface area contributed by atoms with E-state index < -0.39 is 23.7 Å². The Balaban J connectivity index is 1.60. The summed E-state index contributed by atoms with van der Waals surface area (Å²) in [6, 6.07) is 17.9. The molecule has 2 unspecified atom stereocenters. The number of H-pyrrole nitrogens is 1. The minimum absolute atomic E-state index is 0.209. The zero-order valence-corrected chi connectivity index (χ0v) is 18.1. The van der Waals surface area contributed by atoms with Crippen LogP contribution in [0.25, 0.3) is 22.3 Å². The van der Waals surface area contributed by atoms with Crippen molar-refractivity contribution in [2.24, 2.45) is 5.92 Å². The fourth-order valence-corrected chi connectivity index (χ4v) is 4.47. The first-order chi connectivity index (χ1) is 16.1. The van der Waals surface area contributed by atoms with E-state index in [9.17, 15) is 14.4 Å². The lowest BCUT2D eigenvalue weighted by atomic mass is 9.87. The predicted octanol–water partition coefficient (Wildman–Crippen LogP) is 4.27. The molecule has 2 aromatic carbocycles. The first kappa shape index (κ1) is 20.8. The van der Waals surface area contributed by atoms with Crippen LogP contribution in [-0.4, -0.2) is 32.4 Å². The number of nitrogens with one attached hydrogen (secondary N) is 1. The number of benzene rings is 2. The second-order valence-corrected chi connectivity index (χ2v) is 8.12. The van der Waals surface area contributed by atoms with Crippen LogP contribution < -0.4 is 4.90 Å². The van der Waals surface area contributed by atoms with Crippen LogP contribution in [0.1, 0.15) is 31.4 Å². The fraction of sp³-hybridized carbons (Fsp3) is 0.192. The van der Waals surface area contributed by atoms with E-state index in [2.05, 4.69) is 15.0 Å². The molecule has 5 rings (SSSR count). The molecule has 33 heavy (non-hydrogen) atoms. The molecular formula is C26H22N4O3. The molecule has 1 saturated heterocycles. The average molecular weight is 438 g/mol. The maximum atomic E-state index is 13.2. The van der Waals surface area contributed by atoms with Crippen molar-refractivity contribution in [3.05, 3.63) is 78.8 Å². The SMILES string of the molecule is CCCC(=O)C1C(=O)C(=O)N(c2ccc3nc[nH]c3c2)C1c1ccc(-c2ccccn2)cc1. The first-order valence-corrected chi connectivity index (χ1v) is 10.9. The van der Waals surface area contributed by atoms with Crippen molar-refractivity contribution in [2.75, 3.05) is 4.90 Å². The number of aromatic nitrogens is 3. The normalized spacial score (nSPS) is 18.3. The van der Waals surface area contributed by atoms with Gasteiger partial charge in [0.1, 0.15) is 11.7 Å². The van der Waals surface area contributed by atoms with Crippen molar-refractivity contribution in [1.82, 2.24) is 15.0 Å². The molecule has 1 fully saturated rings. The highest BCUT2D eigenvalue weighted by Gasteiger charge is 2.51. The number of anilines is 1. The number of imidazole rings is 1. The number of hydrogen-bond donors (Lipinski definition) is 1. The zero-order chi connectivity index (χ0) is 22.9. The third-order valence-electron chi connectivity index (χ3n) is 6.04. The largest absolute Gasteiger partial charge is 0.345 e. The van der Waals surface area contributed by atoms with E-state index in [-0.39, 0.29) is 12.2 Å². The number of Topliss-reactive ketones (excluding diaryl/α,β-unsaturated/α-hetero) is 2. The van der Waals surface area contributed by atoms with Gasteiger partial charge in [0, 0.05) is 23.9 Å². The zero-order valence-electron chi connectivity index (χ0n) is 18.1. The van der Waals surface area contributed by atoms with Crippen LogP contribution in [0.2, 0.25) is 0 Å². The summed E-state index contributed by atoms with van der Waals surface area (Å²) >= 11 is 0. The molecule has 2 aromatic heterocycles. The third-order valence-corrected chi connectivity index (χ3v) is 6.04. The maximum absolute atomic E-state index is 13.2. The predicted molar refractivity (Wildman–Crippen MR) is 124 cm³/mol. The molecule has 7 nitrogen and oxygen atoms in total. The smallest absolute Gasteiger partial charge is 0.295 e. The second kappa shape index (κ2) is 8.43. The summed E-state index contributed by atoms with van der Waals surface area (Å²) in [6.07, 6.45) is 4.17. The average Bonchev–Trinajstić information content (AvgIpc) is 3.42. The monoisotopic (exact) mass is 438 g/mol. The standard InChI is InChI=1S/C26H22N4O3/c1-2-5-22(31)23-24(17-9-7-16(8-10-17)19-6-3-4-13-27-19)30(26(33)25(23)32)18-11-12-20-21(14-18)29-15-28-20/h3-4,6-15,23-24H,2,5H2,1H3,(H,28,29). The van der Waals surface area contributed by atoms with Gasteiger partial charge in [-0.25, -0.2) is 4.98 Å². The Bertz CT molecular complexity index is 1340. The maximum Gasteiger partial charge on any atom is 0.295 e. The van der Waals surface area contributed by atoms with Crippen LogP contribution in [-0.2, 0) is 14.4 Å². The number of carbonyl (C=O) groups is 3. The van der Waals surface area contributed by atoms with Gasteiger partial charge in [0.25, 0.3) is 5.91 Å². The number of rotatable bonds is 6. The van der Waals surface area contributed by atoms with Crippen LogP contribution in [0.4, 0.5) is 5.69 Å². The number of pyridine rings is 1. The molecule has 1 amide bonds. The molecular weight excluding hydrogens is 416 g/mol. The topological polar surface area (TPSA) is 96.0 Å². The minimum atomic E-state index is -1.03. The van der Waals surface area contributed by atoms with Gasteiger partial charge in [-0.15, -0.1) is 0 Å². The van der Waals surface area contributed by atoms with Crippen molar-refractivity contribution in [2.45, 2.75) is 25.8 Å². The number of amides is 1. The van der Waals surface area contributed by atoms with E-state index in [0.717, 1.165) is 27.9 Å². The fourth-order valence-electron chi connectivity index (χ4n) is 4.47. The summed E-state index contributed by atoms with van der Waals surface area (Å²) in [6.45, 7) is 1.89. The van der Waals surface area contributed by atoms with Crippen molar-refractivity contribution in [3.8, 4) is 11.3 Å². The van der Waals surface area contributed by atoms with Gasteiger partial charge in [0.05, 0.1) is 29.1 Å². The van der Waals surface area contributed by atoms with E-state index >= 15 is 0 Å². The lowest BCUT2D eigenvalue weighted by molar-refractivity contribution is -0.139. The van der Waals surface area contributed by atoms with Crippen molar-refractivity contribution in [1.29, 1.82) is 0 Å². The molecule has 164 valence electrons. The summed E-state index contributed by atoms with van der Waals surface area (Å²) in [5, 5.41) is 0.